The Bertz CT molecular complexity index is 918. The van der Waals surface area contributed by atoms with Crippen LogP contribution in [0.2, 0.25) is 0 Å². The van der Waals surface area contributed by atoms with E-state index < -0.39 is 78.4 Å². The molecule has 17 heteroatoms. The number of aliphatic carboxylic acids is 1. The molecule has 0 aromatic carbocycles. The molecular weight excluding hydrogens is 506 g/mol. The fourth-order valence-corrected chi connectivity index (χ4v) is 2.96. The molecule has 6 amide bonds. The highest BCUT2D eigenvalue weighted by atomic mass is 16.4. The molecule has 0 aliphatic rings. The molecule has 0 unspecified atom stereocenters. The molecule has 0 heterocycles. The number of hydrogen-bond acceptors (Lipinski definition) is 8. The number of amides is 6. The first-order valence-electron chi connectivity index (χ1n) is 11.6. The Morgan fingerprint density at radius 3 is 1.84 bits per heavy atom. The highest BCUT2D eigenvalue weighted by Gasteiger charge is 2.29. The number of nitrogens with zero attached hydrogens (tertiary/aromatic N) is 1. The maximum absolute atomic E-state index is 12.6. The lowest BCUT2D eigenvalue weighted by atomic mass is 10.0. The predicted octanol–water partition coefficient (Wildman–Crippen LogP) is -4.64. The summed E-state index contributed by atoms with van der Waals surface area (Å²) in [5.41, 5.74) is 15.8. The van der Waals surface area contributed by atoms with Gasteiger partial charge in [-0.2, -0.15) is 0 Å². The van der Waals surface area contributed by atoms with Crippen LogP contribution in [0.1, 0.15) is 40.0 Å². The van der Waals surface area contributed by atoms with Crippen molar-refractivity contribution in [3.63, 3.8) is 0 Å². The van der Waals surface area contributed by atoms with Crippen molar-refractivity contribution >= 4 is 47.4 Å². The van der Waals surface area contributed by atoms with E-state index in [4.69, 9.17) is 22.3 Å². The van der Waals surface area contributed by atoms with Crippen molar-refractivity contribution in [1.29, 1.82) is 0 Å². The van der Waals surface area contributed by atoms with Crippen molar-refractivity contribution in [2.24, 2.45) is 28.1 Å². The van der Waals surface area contributed by atoms with Crippen LogP contribution >= 0.6 is 0 Å². The quantitative estimate of drug-likeness (QED) is 0.0480. The molecule has 3 atom stereocenters. The molecule has 0 spiro atoms. The number of primary amides is 1. The first-order valence-corrected chi connectivity index (χ1v) is 11.6. The fraction of sp³-hybridized carbons (Fsp3) is 0.619. The first kappa shape index (κ1) is 33.6. The lowest BCUT2D eigenvalue weighted by Crippen LogP contribution is -2.56. The summed E-state index contributed by atoms with van der Waals surface area (Å²) in [6.07, 6.45) is -0.453. The minimum Gasteiger partial charge on any atom is -0.481 e. The molecule has 0 rings (SSSR count). The van der Waals surface area contributed by atoms with Gasteiger partial charge in [0.2, 0.25) is 35.4 Å². The number of nitrogens with two attached hydrogens (primary N) is 3. The molecule has 0 aromatic heterocycles. The smallest absolute Gasteiger partial charge is 0.305 e. The summed E-state index contributed by atoms with van der Waals surface area (Å²) < 4.78 is 0. The number of carbonyl (C=O) groups excluding carboxylic acids is 6. The van der Waals surface area contributed by atoms with E-state index in [0.717, 1.165) is 0 Å². The molecule has 0 saturated carbocycles. The van der Waals surface area contributed by atoms with Gasteiger partial charge in [0.1, 0.15) is 18.1 Å². The standard InChI is InChI=1S/C21H37N9O8/c1-10(2)17(18(22)36)30-20(38)13(7-16(34)35)29-15(33)9-27-19(37)12(5-4-6-25-21(23)24)28-14(32)8-26-11(3)31/h10,12-13,17H,4-9H2,1-3H3,(H2,22,36)(H,26,31)(H,27,37)(H,28,32)(H,29,33)(H,30,38)(H,34,35)(H4,23,24,25)/t12-,13-,17-/m0/s1. The molecule has 38 heavy (non-hydrogen) atoms. The second-order valence-corrected chi connectivity index (χ2v) is 8.55. The molecular formula is C21H37N9O8. The molecule has 0 fully saturated rings. The zero-order valence-corrected chi connectivity index (χ0v) is 21.5. The molecule has 17 nitrogen and oxygen atoms in total. The van der Waals surface area contributed by atoms with Gasteiger partial charge in [0.25, 0.3) is 0 Å². The van der Waals surface area contributed by atoms with E-state index in [1.807, 2.05) is 0 Å². The number of rotatable bonds is 17. The Morgan fingerprint density at radius 2 is 1.37 bits per heavy atom. The van der Waals surface area contributed by atoms with Gasteiger partial charge >= 0.3 is 5.97 Å². The largest absolute Gasteiger partial charge is 0.481 e. The van der Waals surface area contributed by atoms with Gasteiger partial charge in [-0.15, -0.1) is 0 Å². The van der Waals surface area contributed by atoms with Gasteiger partial charge in [-0.05, 0) is 18.8 Å². The predicted molar refractivity (Wildman–Crippen MR) is 134 cm³/mol. The third kappa shape index (κ3) is 14.8. The third-order valence-electron chi connectivity index (χ3n) is 4.82. The van der Waals surface area contributed by atoms with Crippen molar-refractivity contribution in [3.8, 4) is 0 Å². The Kier molecular flexibility index (Phi) is 15.1. The second-order valence-electron chi connectivity index (χ2n) is 8.55. The summed E-state index contributed by atoms with van der Waals surface area (Å²) in [4.78, 5) is 87.1. The third-order valence-corrected chi connectivity index (χ3v) is 4.82. The second kappa shape index (κ2) is 17.1. The maximum Gasteiger partial charge on any atom is 0.305 e. The molecule has 0 radical (unpaired) electrons. The topological polar surface area (TPSA) is 290 Å². The van der Waals surface area contributed by atoms with Crippen LogP contribution in [0, 0.1) is 5.92 Å². The molecule has 12 N–H and O–H groups in total. The van der Waals surface area contributed by atoms with Crippen molar-refractivity contribution in [2.75, 3.05) is 19.6 Å². The summed E-state index contributed by atoms with van der Waals surface area (Å²) >= 11 is 0. The van der Waals surface area contributed by atoms with Crippen LogP contribution in [0.25, 0.3) is 0 Å². The number of aliphatic imine (C=N–C) groups is 1. The van der Waals surface area contributed by atoms with Gasteiger partial charge in [-0.25, -0.2) is 0 Å². The monoisotopic (exact) mass is 543 g/mol. The molecule has 0 aliphatic heterocycles. The molecule has 0 saturated heterocycles. The summed E-state index contributed by atoms with van der Waals surface area (Å²) in [7, 11) is 0. The minimum absolute atomic E-state index is 0.0732. The van der Waals surface area contributed by atoms with Crippen molar-refractivity contribution in [3.05, 3.63) is 0 Å². The summed E-state index contributed by atoms with van der Waals surface area (Å²) in [6, 6.07) is -3.79. The number of carboxylic acid groups (broad SMARTS) is 1. The lowest BCUT2D eigenvalue weighted by Gasteiger charge is -2.23. The van der Waals surface area contributed by atoms with Gasteiger partial charge in [0, 0.05) is 13.5 Å². The van der Waals surface area contributed by atoms with E-state index in [1.165, 1.54) is 6.92 Å². The number of carboxylic acids is 1. The Labute approximate surface area is 219 Å². The van der Waals surface area contributed by atoms with Crippen LogP contribution in [0.4, 0.5) is 0 Å². The molecule has 0 bridgehead atoms. The summed E-state index contributed by atoms with van der Waals surface area (Å²) in [5, 5.41) is 20.6. The van der Waals surface area contributed by atoms with E-state index in [0.29, 0.717) is 0 Å². The highest BCUT2D eigenvalue weighted by molar-refractivity contribution is 5.95. The lowest BCUT2D eigenvalue weighted by molar-refractivity contribution is -0.141. The van der Waals surface area contributed by atoms with E-state index in [2.05, 4.69) is 31.6 Å². The van der Waals surface area contributed by atoms with E-state index in [1.54, 1.807) is 13.8 Å². The van der Waals surface area contributed by atoms with Crippen molar-refractivity contribution in [1.82, 2.24) is 26.6 Å². The highest BCUT2D eigenvalue weighted by Crippen LogP contribution is 2.03. The SMILES string of the molecule is CC(=O)NCC(=O)N[C@@H](CCCN=C(N)N)C(=O)NCC(=O)N[C@@H](CC(=O)O)C(=O)N[C@H](C(N)=O)C(C)C. The normalized spacial score (nSPS) is 12.7. The zero-order chi connectivity index (χ0) is 29.4. The minimum atomic E-state index is -1.56. The number of guanidine groups is 1. The Morgan fingerprint density at radius 1 is 0.816 bits per heavy atom. The van der Waals surface area contributed by atoms with Crippen LogP contribution in [0.3, 0.4) is 0 Å². The maximum atomic E-state index is 12.6. The van der Waals surface area contributed by atoms with E-state index >= 15 is 0 Å². The number of hydrogen-bond donors (Lipinski definition) is 9. The van der Waals surface area contributed by atoms with Gasteiger partial charge in [0.15, 0.2) is 5.96 Å². The van der Waals surface area contributed by atoms with Gasteiger partial charge < -0.3 is 48.9 Å². The zero-order valence-electron chi connectivity index (χ0n) is 21.5. The van der Waals surface area contributed by atoms with Crippen LogP contribution in [0.5, 0.6) is 0 Å². The van der Waals surface area contributed by atoms with E-state index in [9.17, 15) is 33.6 Å². The molecule has 0 aromatic rings. The van der Waals surface area contributed by atoms with Crippen LogP contribution in [-0.4, -0.2) is 90.2 Å². The van der Waals surface area contributed by atoms with Gasteiger partial charge in [-0.3, -0.25) is 38.6 Å². The Balaban J connectivity index is 5.24. The Hall–Kier alpha value is -4.44. The molecule has 214 valence electrons. The van der Waals surface area contributed by atoms with Crippen molar-refractivity contribution < 1.29 is 38.7 Å². The number of nitrogens with one attached hydrogen (secondary N) is 5. The molecule has 0 aliphatic carbocycles. The van der Waals surface area contributed by atoms with Crippen molar-refractivity contribution in [2.45, 2.75) is 58.2 Å². The van der Waals surface area contributed by atoms with Gasteiger partial charge in [0.05, 0.1) is 19.5 Å². The van der Waals surface area contributed by atoms with Gasteiger partial charge in [-0.1, -0.05) is 13.8 Å². The average molecular weight is 544 g/mol. The van der Waals surface area contributed by atoms with E-state index in [-0.39, 0.29) is 31.9 Å². The summed E-state index contributed by atoms with van der Waals surface area (Å²) in [6.45, 7) is 3.53. The first-order chi connectivity index (χ1) is 17.6. The average Bonchev–Trinajstić information content (AvgIpc) is 2.79. The fourth-order valence-electron chi connectivity index (χ4n) is 2.96. The number of carbonyl (C=O) groups is 7. The van der Waals surface area contributed by atoms with Crippen LogP contribution in [-0.2, 0) is 33.6 Å². The van der Waals surface area contributed by atoms with Crippen LogP contribution in [0.15, 0.2) is 4.99 Å². The van der Waals surface area contributed by atoms with Crippen LogP contribution < -0.4 is 43.8 Å². The summed E-state index contributed by atoms with van der Waals surface area (Å²) in [5.74, 6) is -6.57.